The van der Waals surface area contributed by atoms with E-state index in [0.29, 0.717) is 18.6 Å². The molecular formula is C14H25NO2. The summed E-state index contributed by atoms with van der Waals surface area (Å²) in [7, 11) is 0. The van der Waals surface area contributed by atoms with Crippen molar-refractivity contribution in [2.75, 3.05) is 6.54 Å². The largest absolute Gasteiger partial charge is 0.389 e. The average Bonchev–Trinajstić information content (AvgIpc) is 3.00. The second kappa shape index (κ2) is 3.94. The molecule has 3 aliphatic rings. The maximum absolute atomic E-state index is 11.3. The van der Waals surface area contributed by atoms with Crippen LogP contribution in [0.5, 0.6) is 0 Å². The summed E-state index contributed by atoms with van der Waals surface area (Å²) >= 11 is 0. The first kappa shape index (κ1) is 11.9. The highest BCUT2D eigenvalue weighted by molar-refractivity contribution is 5.15. The maximum Gasteiger partial charge on any atom is 0.0769 e. The second-order valence-corrected chi connectivity index (χ2v) is 6.34. The van der Waals surface area contributed by atoms with Crippen molar-refractivity contribution in [1.82, 2.24) is 0 Å². The van der Waals surface area contributed by atoms with Crippen LogP contribution in [0.15, 0.2) is 0 Å². The fourth-order valence-electron chi connectivity index (χ4n) is 4.45. The molecule has 4 unspecified atom stereocenters. The number of hydrogen-bond acceptors (Lipinski definition) is 3. The third-order valence-electron chi connectivity index (χ3n) is 5.43. The highest BCUT2D eigenvalue weighted by atomic mass is 16.5. The molecule has 4 atom stereocenters. The Hall–Kier alpha value is -0.120. The van der Waals surface area contributed by atoms with Gasteiger partial charge in [-0.25, -0.2) is 0 Å². The van der Waals surface area contributed by atoms with Gasteiger partial charge in [0.15, 0.2) is 0 Å². The van der Waals surface area contributed by atoms with E-state index in [1.807, 2.05) is 0 Å². The predicted octanol–water partition coefficient (Wildman–Crippen LogP) is 1.82. The minimum Gasteiger partial charge on any atom is -0.389 e. The number of rotatable bonds is 5. The van der Waals surface area contributed by atoms with Gasteiger partial charge in [0.25, 0.3) is 0 Å². The van der Waals surface area contributed by atoms with Crippen LogP contribution in [0, 0.1) is 11.3 Å². The number of fused-ring (bicyclic) bond motifs is 2. The molecule has 0 aromatic carbocycles. The summed E-state index contributed by atoms with van der Waals surface area (Å²) in [4.78, 5) is 0. The molecule has 3 heteroatoms. The first-order valence-electron chi connectivity index (χ1n) is 7.24. The average molecular weight is 239 g/mol. The molecule has 2 bridgehead atoms. The number of hydrogen-bond donors (Lipinski definition) is 2. The molecule has 98 valence electrons. The Bertz CT molecular complexity index is 305. The van der Waals surface area contributed by atoms with Gasteiger partial charge < -0.3 is 15.6 Å². The van der Waals surface area contributed by atoms with E-state index in [0.717, 1.165) is 25.7 Å². The van der Waals surface area contributed by atoms with E-state index in [-0.39, 0.29) is 11.5 Å². The van der Waals surface area contributed by atoms with Crippen molar-refractivity contribution in [3.8, 4) is 0 Å². The standard InChI is InChI=1S/C14H25NO2/c1-2-7-14(16,10-3-4-10)13(9-15)8-11-5-6-12(13)17-11/h10-12,16H,2-9,15H2,1H3. The van der Waals surface area contributed by atoms with Gasteiger partial charge in [-0.1, -0.05) is 13.3 Å². The Labute approximate surface area is 104 Å². The minimum atomic E-state index is -0.559. The molecular weight excluding hydrogens is 214 g/mol. The molecule has 0 aromatic heterocycles. The SMILES string of the molecule is CCCC(O)(C1CC1)C1(CN)CC2CCC1O2. The van der Waals surface area contributed by atoms with Crippen molar-refractivity contribution in [3.63, 3.8) is 0 Å². The lowest BCUT2D eigenvalue weighted by Crippen LogP contribution is -2.59. The topological polar surface area (TPSA) is 55.5 Å². The first-order chi connectivity index (χ1) is 8.16. The van der Waals surface area contributed by atoms with E-state index in [1.54, 1.807) is 0 Å². The van der Waals surface area contributed by atoms with Crippen LogP contribution >= 0.6 is 0 Å². The molecule has 3 rings (SSSR count). The van der Waals surface area contributed by atoms with Gasteiger partial charge in [0.05, 0.1) is 17.8 Å². The summed E-state index contributed by atoms with van der Waals surface area (Å²) in [6.07, 6.45) is 8.11. The molecule has 0 radical (unpaired) electrons. The van der Waals surface area contributed by atoms with Gasteiger partial charge in [0.2, 0.25) is 0 Å². The van der Waals surface area contributed by atoms with Crippen molar-refractivity contribution >= 4 is 0 Å². The van der Waals surface area contributed by atoms with Crippen LogP contribution in [0.25, 0.3) is 0 Å². The van der Waals surface area contributed by atoms with Gasteiger partial charge in [-0.2, -0.15) is 0 Å². The molecule has 2 aliphatic heterocycles. The molecule has 0 amide bonds. The fourth-order valence-corrected chi connectivity index (χ4v) is 4.45. The molecule has 2 saturated heterocycles. The highest BCUT2D eigenvalue weighted by Crippen LogP contribution is 2.60. The lowest BCUT2D eigenvalue weighted by molar-refractivity contribution is -0.131. The summed E-state index contributed by atoms with van der Waals surface area (Å²) in [5, 5.41) is 11.3. The van der Waals surface area contributed by atoms with E-state index in [9.17, 15) is 5.11 Å². The third kappa shape index (κ3) is 1.52. The van der Waals surface area contributed by atoms with Crippen LogP contribution in [-0.2, 0) is 4.74 Å². The number of ether oxygens (including phenoxy) is 1. The van der Waals surface area contributed by atoms with Crippen LogP contribution in [0.4, 0.5) is 0 Å². The highest BCUT2D eigenvalue weighted by Gasteiger charge is 2.65. The molecule has 0 spiro atoms. The van der Waals surface area contributed by atoms with E-state index in [2.05, 4.69) is 6.92 Å². The van der Waals surface area contributed by atoms with Crippen LogP contribution in [0.2, 0.25) is 0 Å². The first-order valence-corrected chi connectivity index (χ1v) is 7.24. The lowest BCUT2D eigenvalue weighted by Gasteiger charge is -2.48. The fraction of sp³-hybridized carbons (Fsp3) is 1.00. The molecule has 1 saturated carbocycles. The third-order valence-corrected chi connectivity index (χ3v) is 5.43. The van der Waals surface area contributed by atoms with Gasteiger partial charge in [0.1, 0.15) is 0 Å². The zero-order valence-corrected chi connectivity index (χ0v) is 10.8. The normalized spacial score (nSPS) is 43.9. The number of nitrogens with two attached hydrogens (primary N) is 1. The Morgan fingerprint density at radius 2 is 2.12 bits per heavy atom. The van der Waals surface area contributed by atoms with Gasteiger partial charge in [-0.15, -0.1) is 0 Å². The molecule has 0 aromatic rings. The van der Waals surface area contributed by atoms with Crippen molar-refractivity contribution < 1.29 is 9.84 Å². The van der Waals surface area contributed by atoms with E-state index in [1.165, 1.54) is 19.3 Å². The summed E-state index contributed by atoms with van der Waals surface area (Å²) in [5.41, 5.74) is 5.39. The van der Waals surface area contributed by atoms with Crippen LogP contribution in [-0.4, -0.2) is 29.5 Å². The monoisotopic (exact) mass is 239 g/mol. The summed E-state index contributed by atoms with van der Waals surface area (Å²) < 4.78 is 6.01. The second-order valence-electron chi connectivity index (χ2n) is 6.34. The van der Waals surface area contributed by atoms with Gasteiger partial charge in [-0.3, -0.25) is 0 Å². The molecule has 3 nitrogen and oxygen atoms in total. The van der Waals surface area contributed by atoms with E-state index >= 15 is 0 Å². The van der Waals surface area contributed by atoms with Crippen molar-refractivity contribution in [1.29, 1.82) is 0 Å². The Balaban J connectivity index is 1.92. The van der Waals surface area contributed by atoms with E-state index in [4.69, 9.17) is 10.5 Å². The summed E-state index contributed by atoms with van der Waals surface area (Å²) in [6, 6.07) is 0. The molecule has 1 aliphatic carbocycles. The molecule has 2 heterocycles. The van der Waals surface area contributed by atoms with Crippen molar-refractivity contribution in [2.24, 2.45) is 17.1 Å². The van der Waals surface area contributed by atoms with Crippen molar-refractivity contribution in [2.45, 2.75) is 69.7 Å². The summed E-state index contributed by atoms with van der Waals surface area (Å²) in [5.74, 6) is 0.481. The van der Waals surface area contributed by atoms with Crippen LogP contribution in [0.3, 0.4) is 0 Å². The van der Waals surface area contributed by atoms with Crippen LogP contribution in [0.1, 0.15) is 51.9 Å². The molecule has 3 fully saturated rings. The number of aliphatic hydroxyl groups is 1. The molecule has 17 heavy (non-hydrogen) atoms. The smallest absolute Gasteiger partial charge is 0.0769 e. The quantitative estimate of drug-likeness (QED) is 0.769. The Morgan fingerprint density at radius 1 is 1.35 bits per heavy atom. The predicted molar refractivity (Wildman–Crippen MR) is 66.6 cm³/mol. The zero-order chi connectivity index (χ0) is 12.1. The summed E-state index contributed by atoms with van der Waals surface area (Å²) in [6.45, 7) is 2.74. The minimum absolute atomic E-state index is 0.146. The van der Waals surface area contributed by atoms with Gasteiger partial charge in [-0.05, 0) is 44.4 Å². The van der Waals surface area contributed by atoms with Gasteiger partial charge >= 0.3 is 0 Å². The van der Waals surface area contributed by atoms with Crippen molar-refractivity contribution in [3.05, 3.63) is 0 Å². The zero-order valence-electron chi connectivity index (χ0n) is 10.8. The molecule has 3 N–H and O–H groups in total. The Kier molecular flexibility index (Phi) is 2.77. The maximum atomic E-state index is 11.3. The Morgan fingerprint density at radius 3 is 2.53 bits per heavy atom. The van der Waals surface area contributed by atoms with Gasteiger partial charge in [0, 0.05) is 12.0 Å². The van der Waals surface area contributed by atoms with Crippen LogP contribution < -0.4 is 5.73 Å². The lowest BCUT2D eigenvalue weighted by atomic mass is 9.59. The van der Waals surface area contributed by atoms with E-state index < -0.39 is 5.60 Å².